The zero-order valence-corrected chi connectivity index (χ0v) is 18.6. The fourth-order valence-electron chi connectivity index (χ4n) is 3.16. The molecule has 0 fully saturated rings. The van der Waals surface area contributed by atoms with Gasteiger partial charge in [-0.25, -0.2) is 0 Å². The first kappa shape index (κ1) is 23.9. The van der Waals surface area contributed by atoms with Gasteiger partial charge < -0.3 is 10.4 Å². The van der Waals surface area contributed by atoms with Crippen LogP contribution in [0.2, 0.25) is 0 Å². The normalized spacial score (nSPS) is 13.4. The largest absolute Gasteiger partial charge is 0.416 e. The Morgan fingerprint density at radius 3 is 2.34 bits per heavy atom. The van der Waals surface area contributed by atoms with Crippen molar-refractivity contribution in [3.8, 4) is 0 Å². The number of carbonyl (C=O) groups excluding carboxylic acids is 1. The summed E-state index contributed by atoms with van der Waals surface area (Å²) in [5, 5.41) is 13.1. The summed E-state index contributed by atoms with van der Waals surface area (Å²) >= 11 is 1.33. The van der Waals surface area contributed by atoms with Crippen molar-refractivity contribution in [1.82, 2.24) is 0 Å². The van der Waals surface area contributed by atoms with Gasteiger partial charge in [-0.1, -0.05) is 54.6 Å². The van der Waals surface area contributed by atoms with Gasteiger partial charge in [0.25, 0.3) is 5.91 Å². The molecule has 32 heavy (non-hydrogen) atoms. The van der Waals surface area contributed by atoms with Crippen LogP contribution in [0.15, 0.2) is 77.7 Å². The highest BCUT2D eigenvalue weighted by molar-refractivity contribution is 7.99. The Morgan fingerprint density at radius 1 is 1.00 bits per heavy atom. The minimum Gasteiger partial charge on any atom is -0.379 e. The van der Waals surface area contributed by atoms with E-state index < -0.39 is 23.2 Å². The van der Waals surface area contributed by atoms with Crippen molar-refractivity contribution >= 4 is 23.4 Å². The molecule has 3 nitrogen and oxygen atoms in total. The van der Waals surface area contributed by atoms with E-state index >= 15 is 0 Å². The van der Waals surface area contributed by atoms with Crippen LogP contribution in [-0.4, -0.2) is 22.4 Å². The fraction of sp³-hybridized carbons (Fsp3) is 0.240. The van der Waals surface area contributed by atoms with Gasteiger partial charge in [-0.2, -0.15) is 13.2 Å². The van der Waals surface area contributed by atoms with E-state index in [0.29, 0.717) is 6.42 Å². The lowest BCUT2D eigenvalue weighted by Gasteiger charge is -2.23. The number of benzene rings is 3. The van der Waals surface area contributed by atoms with E-state index in [0.717, 1.165) is 22.1 Å². The van der Waals surface area contributed by atoms with Crippen molar-refractivity contribution in [1.29, 1.82) is 0 Å². The number of hydrogen-bond acceptors (Lipinski definition) is 3. The van der Waals surface area contributed by atoms with Crippen molar-refractivity contribution in [2.45, 2.75) is 36.9 Å². The SMILES string of the molecule is Cc1ccc(NC(=O)C(C)(O)CSc2ccccc2Cc2ccccc2)cc1C(F)(F)F. The Bertz CT molecular complexity index is 1080. The molecule has 0 saturated heterocycles. The van der Waals surface area contributed by atoms with E-state index in [9.17, 15) is 23.1 Å². The van der Waals surface area contributed by atoms with Crippen LogP contribution < -0.4 is 5.32 Å². The quantitative estimate of drug-likeness (QED) is 0.421. The van der Waals surface area contributed by atoms with Crippen molar-refractivity contribution in [2.75, 3.05) is 11.1 Å². The molecule has 1 unspecified atom stereocenters. The van der Waals surface area contributed by atoms with Crippen LogP contribution in [0.25, 0.3) is 0 Å². The monoisotopic (exact) mass is 459 g/mol. The zero-order chi connectivity index (χ0) is 23.4. The lowest BCUT2D eigenvalue weighted by molar-refractivity contribution is -0.138. The number of halogens is 3. The van der Waals surface area contributed by atoms with E-state index in [-0.39, 0.29) is 17.0 Å². The molecule has 0 aliphatic heterocycles. The summed E-state index contributed by atoms with van der Waals surface area (Å²) < 4.78 is 39.4. The van der Waals surface area contributed by atoms with Gasteiger partial charge in [0.05, 0.1) is 5.56 Å². The van der Waals surface area contributed by atoms with Gasteiger partial charge in [0.15, 0.2) is 0 Å². The number of anilines is 1. The molecule has 0 aromatic heterocycles. The Morgan fingerprint density at radius 2 is 1.66 bits per heavy atom. The molecule has 0 saturated carbocycles. The van der Waals surface area contributed by atoms with Gasteiger partial charge in [-0.3, -0.25) is 4.79 Å². The molecule has 0 radical (unpaired) electrons. The Kier molecular flexibility index (Phi) is 7.31. The zero-order valence-electron chi connectivity index (χ0n) is 17.7. The molecular weight excluding hydrogens is 435 g/mol. The summed E-state index contributed by atoms with van der Waals surface area (Å²) in [4.78, 5) is 13.6. The lowest BCUT2D eigenvalue weighted by Crippen LogP contribution is -2.42. The molecule has 168 valence electrons. The molecule has 0 bridgehead atoms. The highest BCUT2D eigenvalue weighted by Crippen LogP contribution is 2.34. The number of carbonyl (C=O) groups is 1. The van der Waals surface area contributed by atoms with Crippen molar-refractivity contribution < 1.29 is 23.1 Å². The van der Waals surface area contributed by atoms with Gasteiger partial charge in [0.2, 0.25) is 0 Å². The van der Waals surface area contributed by atoms with Crippen LogP contribution in [0.3, 0.4) is 0 Å². The summed E-state index contributed by atoms with van der Waals surface area (Å²) in [6, 6.07) is 21.2. The highest BCUT2D eigenvalue weighted by Gasteiger charge is 2.34. The van der Waals surface area contributed by atoms with E-state index in [2.05, 4.69) is 5.32 Å². The van der Waals surface area contributed by atoms with Gasteiger partial charge in [-0.05, 0) is 55.2 Å². The fourth-order valence-corrected chi connectivity index (χ4v) is 4.23. The van der Waals surface area contributed by atoms with E-state index in [1.165, 1.54) is 37.7 Å². The average Bonchev–Trinajstić information content (AvgIpc) is 2.74. The van der Waals surface area contributed by atoms with Crippen LogP contribution >= 0.6 is 11.8 Å². The van der Waals surface area contributed by atoms with Crippen molar-refractivity contribution in [3.05, 3.63) is 95.1 Å². The minimum atomic E-state index is -4.52. The maximum absolute atomic E-state index is 13.1. The Balaban J connectivity index is 1.69. The summed E-state index contributed by atoms with van der Waals surface area (Å²) in [5.41, 5.74) is -0.346. The maximum atomic E-state index is 13.1. The van der Waals surface area contributed by atoms with Crippen molar-refractivity contribution in [3.63, 3.8) is 0 Å². The summed E-state index contributed by atoms with van der Waals surface area (Å²) in [5.74, 6) is -0.717. The first-order valence-corrected chi connectivity index (χ1v) is 11.0. The minimum absolute atomic E-state index is 0.0114. The van der Waals surface area contributed by atoms with Crippen LogP contribution in [0, 0.1) is 6.92 Å². The number of hydrogen-bond donors (Lipinski definition) is 2. The lowest BCUT2D eigenvalue weighted by atomic mass is 10.1. The second kappa shape index (κ2) is 9.79. The molecule has 0 heterocycles. The molecule has 3 aromatic carbocycles. The summed E-state index contributed by atoms with van der Waals surface area (Å²) in [6.45, 7) is 2.71. The van der Waals surface area contributed by atoms with Crippen LogP contribution in [0.1, 0.15) is 29.2 Å². The molecule has 7 heteroatoms. The number of nitrogens with one attached hydrogen (secondary N) is 1. The average molecular weight is 460 g/mol. The van der Waals surface area contributed by atoms with E-state index in [4.69, 9.17) is 0 Å². The molecule has 1 atom stereocenters. The second-order valence-corrected chi connectivity index (χ2v) is 8.83. The first-order chi connectivity index (χ1) is 15.1. The summed E-state index contributed by atoms with van der Waals surface area (Å²) in [7, 11) is 0. The predicted octanol–water partition coefficient (Wildman–Crippen LogP) is 6.09. The molecule has 0 aliphatic rings. The number of amides is 1. The van der Waals surface area contributed by atoms with Crippen LogP contribution in [0.5, 0.6) is 0 Å². The molecular formula is C25H24F3NO2S. The van der Waals surface area contributed by atoms with Gasteiger partial charge in [-0.15, -0.1) is 11.8 Å². The molecule has 0 spiro atoms. The number of aryl methyl sites for hydroxylation is 1. The maximum Gasteiger partial charge on any atom is 0.416 e. The topological polar surface area (TPSA) is 49.3 Å². The molecule has 1 amide bonds. The molecule has 3 rings (SSSR count). The van der Waals surface area contributed by atoms with Gasteiger partial charge in [0, 0.05) is 16.3 Å². The number of thioether (sulfide) groups is 1. The number of alkyl halides is 3. The Labute approximate surface area is 189 Å². The predicted molar refractivity (Wildman–Crippen MR) is 122 cm³/mol. The molecule has 0 aliphatic carbocycles. The highest BCUT2D eigenvalue weighted by atomic mass is 32.2. The van der Waals surface area contributed by atoms with Crippen LogP contribution in [-0.2, 0) is 17.4 Å². The smallest absolute Gasteiger partial charge is 0.379 e. The number of rotatable bonds is 7. The third kappa shape index (κ3) is 6.14. The second-order valence-electron chi connectivity index (χ2n) is 7.81. The third-order valence-corrected chi connectivity index (χ3v) is 6.42. The van der Waals surface area contributed by atoms with E-state index in [1.54, 1.807) is 0 Å². The summed E-state index contributed by atoms with van der Waals surface area (Å²) in [6.07, 6.45) is -3.81. The molecule has 3 aromatic rings. The van der Waals surface area contributed by atoms with Crippen molar-refractivity contribution in [2.24, 2.45) is 0 Å². The first-order valence-electron chi connectivity index (χ1n) is 10.0. The Hall–Kier alpha value is -2.77. The number of aliphatic hydroxyl groups is 1. The third-order valence-electron chi connectivity index (χ3n) is 5.01. The van der Waals surface area contributed by atoms with Gasteiger partial charge >= 0.3 is 6.18 Å². The van der Waals surface area contributed by atoms with Crippen LogP contribution in [0.4, 0.5) is 18.9 Å². The van der Waals surface area contributed by atoms with E-state index in [1.807, 2.05) is 54.6 Å². The molecule has 2 N–H and O–H groups in total. The van der Waals surface area contributed by atoms with Gasteiger partial charge in [0.1, 0.15) is 5.60 Å². The standard InChI is InChI=1S/C25H24F3NO2S/c1-17-12-13-20(15-21(17)25(26,27)28)29-23(30)24(2,31)16-32-22-11-7-6-10-19(22)14-18-8-4-3-5-9-18/h3-13,15,31H,14,16H2,1-2H3,(H,29,30).